The Hall–Kier alpha value is -2.04. The first-order valence-electron chi connectivity index (χ1n) is 10.2. The molecular weight excluding hydrogens is 314 g/mol. The molecule has 2 rings (SSSR count). The first kappa shape index (κ1) is 20.3. The molecule has 0 saturated carbocycles. The quantitative estimate of drug-likeness (QED) is 0.445. The fourth-order valence-electron chi connectivity index (χ4n) is 3.07. The van der Waals surface area contributed by atoms with Crippen LogP contribution in [0.1, 0.15) is 74.6 Å². The van der Waals surface area contributed by atoms with E-state index in [4.69, 9.17) is 5.73 Å². The zero-order valence-electron chi connectivity index (χ0n) is 16.4. The number of nitrogens with two attached hydrogens (primary N) is 1. The molecule has 0 spiro atoms. The highest BCUT2D eigenvalue weighted by Crippen LogP contribution is 2.11. The highest BCUT2D eigenvalue weighted by Gasteiger charge is 2.03. The van der Waals surface area contributed by atoms with Crippen molar-refractivity contribution in [3.8, 4) is 11.8 Å². The van der Waals surface area contributed by atoms with Crippen LogP contribution in [0.2, 0.25) is 0 Å². The summed E-state index contributed by atoms with van der Waals surface area (Å²) in [6, 6.07) is 17.5. The van der Waals surface area contributed by atoms with Crippen molar-refractivity contribution in [1.82, 2.24) is 0 Å². The molecule has 2 aromatic carbocycles. The second kappa shape index (κ2) is 11.6. The topological polar surface area (TPSA) is 26.0 Å². The van der Waals surface area contributed by atoms with Gasteiger partial charge in [0.1, 0.15) is 0 Å². The Kier molecular flexibility index (Phi) is 9.01. The van der Waals surface area contributed by atoms with Gasteiger partial charge < -0.3 is 5.73 Å². The van der Waals surface area contributed by atoms with Crippen LogP contribution in [0.3, 0.4) is 0 Å². The summed E-state index contributed by atoms with van der Waals surface area (Å²) in [6.07, 6.45) is 9.48. The molecule has 0 fully saturated rings. The summed E-state index contributed by atoms with van der Waals surface area (Å²) in [5, 5.41) is 0. The van der Waals surface area contributed by atoms with Gasteiger partial charge in [0.15, 0.2) is 0 Å². The monoisotopic (exact) mass is 347 g/mol. The Morgan fingerprint density at radius 2 is 1.27 bits per heavy atom. The van der Waals surface area contributed by atoms with Crippen molar-refractivity contribution in [3.63, 3.8) is 0 Å². The van der Waals surface area contributed by atoms with E-state index in [-0.39, 0.29) is 6.04 Å². The summed E-state index contributed by atoms with van der Waals surface area (Å²) in [7, 11) is 0. The van der Waals surface area contributed by atoms with Gasteiger partial charge in [-0.3, -0.25) is 0 Å². The molecule has 138 valence electrons. The van der Waals surface area contributed by atoms with E-state index in [2.05, 4.69) is 74.2 Å². The number of hydrogen-bond acceptors (Lipinski definition) is 1. The number of benzene rings is 2. The van der Waals surface area contributed by atoms with Crippen molar-refractivity contribution in [2.45, 2.75) is 71.3 Å². The lowest BCUT2D eigenvalue weighted by molar-refractivity contribution is 0.557. The van der Waals surface area contributed by atoms with E-state index < -0.39 is 0 Å². The third-order valence-electron chi connectivity index (χ3n) is 4.75. The molecule has 1 unspecified atom stereocenters. The highest BCUT2D eigenvalue weighted by atomic mass is 14.6. The van der Waals surface area contributed by atoms with Crippen molar-refractivity contribution in [2.75, 3.05) is 0 Å². The molecule has 0 aliphatic heterocycles. The third-order valence-corrected chi connectivity index (χ3v) is 4.75. The molecule has 2 N–H and O–H groups in total. The molecule has 0 bridgehead atoms. The van der Waals surface area contributed by atoms with Gasteiger partial charge in [-0.1, -0.05) is 75.6 Å². The Morgan fingerprint density at radius 1 is 0.731 bits per heavy atom. The summed E-state index contributed by atoms with van der Waals surface area (Å²) in [4.78, 5) is 0. The number of unbranched alkanes of at least 4 members (excludes halogenated alkanes) is 3. The molecule has 2 aromatic rings. The van der Waals surface area contributed by atoms with Gasteiger partial charge in [-0.15, -0.1) is 0 Å². The van der Waals surface area contributed by atoms with E-state index in [9.17, 15) is 0 Å². The molecule has 0 aromatic heterocycles. The fourth-order valence-corrected chi connectivity index (χ4v) is 3.07. The van der Waals surface area contributed by atoms with E-state index in [0.717, 1.165) is 30.4 Å². The van der Waals surface area contributed by atoms with Gasteiger partial charge in [0.2, 0.25) is 0 Å². The van der Waals surface area contributed by atoms with Crippen molar-refractivity contribution >= 4 is 0 Å². The van der Waals surface area contributed by atoms with Crippen LogP contribution < -0.4 is 5.73 Å². The van der Waals surface area contributed by atoms with Crippen molar-refractivity contribution in [3.05, 3.63) is 70.8 Å². The van der Waals surface area contributed by atoms with Crippen LogP contribution in [0.4, 0.5) is 0 Å². The Bertz CT molecular complexity index is 686. The van der Waals surface area contributed by atoms with Crippen molar-refractivity contribution in [2.24, 2.45) is 5.73 Å². The van der Waals surface area contributed by atoms with Gasteiger partial charge in [-0.2, -0.15) is 0 Å². The third kappa shape index (κ3) is 7.46. The number of rotatable bonds is 9. The number of aryl methyl sites for hydroxylation is 1. The molecule has 26 heavy (non-hydrogen) atoms. The Balaban J connectivity index is 1.88. The van der Waals surface area contributed by atoms with Crippen LogP contribution in [0, 0.1) is 11.8 Å². The average molecular weight is 348 g/mol. The predicted molar refractivity (Wildman–Crippen MR) is 113 cm³/mol. The van der Waals surface area contributed by atoms with Gasteiger partial charge in [0, 0.05) is 17.2 Å². The molecular formula is C25H33N. The second-order valence-electron chi connectivity index (χ2n) is 7.21. The van der Waals surface area contributed by atoms with Crippen LogP contribution in [0.25, 0.3) is 0 Å². The molecule has 0 heterocycles. The van der Waals surface area contributed by atoms with Crippen LogP contribution in [-0.4, -0.2) is 6.04 Å². The first-order valence-corrected chi connectivity index (χ1v) is 10.2. The van der Waals surface area contributed by atoms with Gasteiger partial charge in [0.25, 0.3) is 0 Å². The Labute approximate surface area is 160 Å². The van der Waals surface area contributed by atoms with Gasteiger partial charge in [-0.25, -0.2) is 0 Å². The minimum atomic E-state index is 0.268. The zero-order chi connectivity index (χ0) is 18.6. The fraction of sp³-hybridized carbons (Fsp3) is 0.440. The van der Waals surface area contributed by atoms with Crippen LogP contribution >= 0.6 is 0 Å². The predicted octanol–water partition coefficient (Wildman–Crippen LogP) is 5.88. The lowest BCUT2D eigenvalue weighted by atomic mass is 10.0. The van der Waals surface area contributed by atoms with E-state index >= 15 is 0 Å². The Morgan fingerprint density at radius 3 is 1.81 bits per heavy atom. The van der Waals surface area contributed by atoms with Gasteiger partial charge in [0.05, 0.1) is 0 Å². The van der Waals surface area contributed by atoms with Gasteiger partial charge >= 0.3 is 0 Å². The van der Waals surface area contributed by atoms with E-state index in [1.165, 1.54) is 43.2 Å². The summed E-state index contributed by atoms with van der Waals surface area (Å²) >= 11 is 0. The second-order valence-corrected chi connectivity index (χ2v) is 7.21. The largest absolute Gasteiger partial charge is 0.327 e. The van der Waals surface area contributed by atoms with Crippen molar-refractivity contribution < 1.29 is 0 Å². The standard InChI is InChI=1S/C25H33N/c1-3-5-7-9-25(26)20-24-18-16-23(17-19-24)15-14-22-12-10-21(11-13-22)8-6-4-2/h10-13,16-19,25H,3-9,20,26H2,1-2H3. The molecule has 0 amide bonds. The van der Waals surface area contributed by atoms with Gasteiger partial charge in [-0.05, 0) is 61.1 Å². The first-order chi connectivity index (χ1) is 12.7. The van der Waals surface area contributed by atoms with Crippen LogP contribution in [0.15, 0.2) is 48.5 Å². The van der Waals surface area contributed by atoms with E-state index in [0.29, 0.717) is 0 Å². The minimum absolute atomic E-state index is 0.268. The maximum atomic E-state index is 6.23. The average Bonchev–Trinajstić information content (AvgIpc) is 2.67. The summed E-state index contributed by atoms with van der Waals surface area (Å²) in [5.74, 6) is 6.53. The van der Waals surface area contributed by atoms with E-state index in [1.54, 1.807) is 0 Å². The molecule has 1 atom stereocenters. The number of hydrogen-bond donors (Lipinski definition) is 1. The molecule has 0 aliphatic rings. The SMILES string of the molecule is CCCCCC(N)Cc1ccc(C#Cc2ccc(CCCC)cc2)cc1. The summed E-state index contributed by atoms with van der Waals surface area (Å²) < 4.78 is 0. The summed E-state index contributed by atoms with van der Waals surface area (Å²) in [6.45, 7) is 4.46. The normalized spacial score (nSPS) is 11.7. The lowest BCUT2D eigenvalue weighted by Crippen LogP contribution is -2.22. The highest BCUT2D eigenvalue weighted by molar-refractivity contribution is 5.44. The molecule has 1 nitrogen and oxygen atoms in total. The van der Waals surface area contributed by atoms with Crippen LogP contribution in [0.5, 0.6) is 0 Å². The molecule has 0 radical (unpaired) electrons. The zero-order valence-corrected chi connectivity index (χ0v) is 16.4. The summed E-state index contributed by atoms with van der Waals surface area (Å²) in [5.41, 5.74) is 11.1. The molecule has 0 aliphatic carbocycles. The molecule has 0 saturated heterocycles. The maximum Gasteiger partial charge on any atom is 0.0249 e. The van der Waals surface area contributed by atoms with Crippen molar-refractivity contribution in [1.29, 1.82) is 0 Å². The maximum absolute atomic E-state index is 6.23. The molecule has 1 heteroatoms. The lowest BCUT2D eigenvalue weighted by Gasteiger charge is -2.11. The van der Waals surface area contributed by atoms with Crippen LogP contribution in [-0.2, 0) is 12.8 Å². The smallest absolute Gasteiger partial charge is 0.0249 e. The van der Waals surface area contributed by atoms with E-state index in [1.807, 2.05) is 0 Å². The minimum Gasteiger partial charge on any atom is -0.327 e.